The molecule has 0 saturated carbocycles. The van der Waals surface area contributed by atoms with Gasteiger partial charge >= 0.3 is 0 Å². The van der Waals surface area contributed by atoms with Gasteiger partial charge in [0, 0.05) is 5.69 Å². The Morgan fingerprint density at radius 1 is 0.882 bits per heavy atom. The predicted molar refractivity (Wildman–Crippen MR) is 135 cm³/mol. The van der Waals surface area contributed by atoms with E-state index >= 15 is 0 Å². The van der Waals surface area contributed by atoms with Crippen LogP contribution in [0.3, 0.4) is 0 Å². The molecule has 0 unspecified atom stereocenters. The minimum Gasteiger partial charge on any atom is -0.324 e. The third-order valence-electron chi connectivity index (χ3n) is 5.16. The SMILES string of the molecule is Cc1ccc(NS(=O)(=O)c2ccc(NC(=O)[C@H](C)N(c3ccccc3)S(C)(=O)=O)cc2)c(C)c1. The first-order chi connectivity index (χ1) is 15.9. The number of rotatable bonds is 8. The number of benzene rings is 3. The van der Waals surface area contributed by atoms with E-state index in [1.807, 2.05) is 26.0 Å². The Morgan fingerprint density at radius 3 is 2.06 bits per heavy atom. The molecule has 0 aliphatic heterocycles. The summed E-state index contributed by atoms with van der Waals surface area (Å²) in [6, 6.07) is 18.3. The Morgan fingerprint density at radius 2 is 1.50 bits per heavy atom. The van der Waals surface area contributed by atoms with E-state index in [1.54, 1.807) is 36.4 Å². The molecule has 0 fully saturated rings. The van der Waals surface area contributed by atoms with Crippen LogP contribution in [0.4, 0.5) is 17.1 Å². The number of hydrogen-bond acceptors (Lipinski definition) is 5. The van der Waals surface area contributed by atoms with Gasteiger partial charge in [-0.25, -0.2) is 16.8 Å². The first kappa shape index (κ1) is 25.3. The van der Waals surface area contributed by atoms with Crippen molar-refractivity contribution in [2.75, 3.05) is 20.6 Å². The lowest BCUT2D eigenvalue weighted by atomic mass is 10.1. The van der Waals surface area contributed by atoms with E-state index in [4.69, 9.17) is 0 Å². The second-order valence-corrected chi connectivity index (χ2v) is 11.5. The molecule has 1 amide bonds. The Kier molecular flexibility index (Phi) is 7.32. The fourth-order valence-electron chi connectivity index (χ4n) is 3.48. The molecule has 10 heteroatoms. The molecular formula is C24H27N3O5S2. The van der Waals surface area contributed by atoms with Crippen molar-refractivity contribution in [2.24, 2.45) is 0 Å². The summed E-state index contributed by atoms with van der Waals surface area (Å²) in [5.74, 6) is -0.557. The second kappa shape index (κ2) is 9.86. The van der Waals surface area contributed by atoms with Crippen molar-refractivity contribution in [1.29, 1.82) is 0 Å². The first-order valence-electron chi connectivity index (χ1n) is 10.4. The van der Waals surface area contributed by atoms with Crippen LogP contribution in [0.1, 0.15) is 18.1 Å². The minimum atomic E-state index is -3.83. The first-order valence-corrected chi connectivity index (χ1v) is 13.8. The highest BCUT2D eigenvalue weighted by Crippen LogP contribution is 2.23. The lowest BCUT2D eigenvalue weighted by molar-refractivity contribution is -0.116. The molecule has 180 valence electrons. The molecule has 0 aromatic heterocycles. The van der Waals surface area contributed by atoms with E-state index in [0.29, 0.717) is 17.1 Å². The number of sulfonamides is 2. The van der Waals surface area contributed by atoms with Crippen LogP contribution in [-0.2, 0) is 24.8 Å². The van der Waals surface area contributed by atoms with E-state index in [0.717, 1.165) is 21.7 Å². The zero-order valence-electron chi connectivity index (χ0n) is 19.3. The average Bonchev–Trinajstić information content (AvgIpc) is 2.76. The number of carbonyl (C=O) groups excluding carboxylic acids is 1. The maximum absolute atomic E-state index is 12.8. The minimum absolute atomic E-state index is 0.0283. The number of amides is 1. The fourth-order valence-corrected chi connectivity index (χ4v) is 5.79. The van der Waals surface area contributed by atoms with Gasteiger partial charge in [0.15, 0.2) is 0 Å². The van der Waals surface area contributed by atoms with Crippen LogP contribution in [0.2, 0.25) is 0 Å². The second-order valence-electron chi connectivity index (χ2n) is 8.01. The summed E-state index contributed by atoms with van der Waals surface area (Å²) < 4.78 is 53.8. The van der Waals surface area contributed by atoms with E-state index in [1.165, 1.54) is 31.2 Å². The zero-order valence-corrected chi connectivity index (χ0v) is 20.9. The van der Waals surface area contributed by atoms with Gasteiger partial charge in [0.05, 0.1) is 22.5 Å². The molecule has 0 spiro atoms. The van der Waals surface area contributed by atoms with Crippen LogP contribution in [0.5, 0.6) is 0 Å². The van der Waals surface area contributed by atoms with Gasteiger partial charge in [-0.1, -0.05) is 35.9 Å². The molecule has 0 radical (unpaired) electrons. The molecule has 2 N–H and O–H groups in total. The molecule has 0 heterocycles. The van der Waals surface area contributed by atoms with E-state index < -0.39 is 32.0 Å². The van der Waals surface area contributed by atoms with Crippen molar-refractivity contribution in [1.82, 2.24) is 0 Å². The van der Waals surface area contributed by atoms with Crippen LogP contribution in [-0.4, -0.2) is 35.0 Å². The molecule has 3 aromatic carbocycles. The van der Waals surface area contributed by atoms with Gasteiger partial charge in [-0.3, -0.25) is 13.8 Å². The molecule has 3 rings (SSSR count). The van der Waals surface area contributed by atoms with Gasteiger partial charge in [-0.05, 0) is 68.8 Å². The van der Waals surface area contributed by atoms with Crippen LogP contribution in [0, 0.1) is 13.8 Å². The van der Waals surface area contributed by atoms with E-state index in [2.05, 4.69) is 10.0 Å². The molecule has 34 heavy (non-hydrogen) atoms. The third-order valence-corrected chi connectivity index (χ3v) is 7.78. The fraction of sp³-hybridized carbons (Fsp3) is 0.208. The third kappa shape index (κ3) is 5.95. The molecule has 8 nitrogen and oxygen atoms in total. The molecule has 0 aliphatic rings. The number of aryl methyl sites for hydroxylation is 2. The van der Waals surface area contributed by atoms with Crippen molar-refractivity contribution in [3.05, 3.63) is 83.9 Å². The number of nitrogens with one attached hydrogen (secondary N) is 2. The lowest BCUT2D eigenvalue weighted by Gasteiger charge is -2.28. The normalized spacial score (nSPS) is 12.6. The summed E-state index contributed by atoms with van der Waals surface area (Å²) in [5, 5.41) is 2.65. The number of hydrogen-bond donors (Lipinski definition) is 2. The number of carbonyl (C=O) groups is 1. The Bertz CT molecular complexity index is 1390. The number of anilines is 3. The summed E-state index contributed by atoms with van der Waals surface area (Å²) >= 11 is 0. The maximum atomic E-state index is 12.8. The predicted octanol–water partition coefficient (Wildman–Crippen LogP) is 3.90. The number of nitrogens with zero attached hydrogens (tertiary/aromatic N) is 1. The molecule has 1 atom stereocenters. The van der Waals surface area contributed by atoms with Gasteiger partial charge in [0.2, 0.25) is 15.9 Å². The van der Waals surface area contributed by atoms with Crippen LogP contribution >= 0.6 is 0 Å². The molecule has 0 bridgehead atoms. The van der Waals surface area contributed by atoms with Crippen LogP contribution in [0.15, 0.2) is 77.7 Å². The summed E-state index contributed by atoms with van der Waals surface area (Å²) in [6.07, 6.45) is 1.03. The standard InChI is InChI=1S/C24H27N3O5S2/c1-17-10-15-23(18(2)16-17)26-34(31,32)22-13-11-20(12-14-22)25-24(28)19(3)27(33(4,29)30)21-8-6-5-7-9-21/h5-16,19,26H,1-4H3,(H,25,28)/t19-/m0/s1. The summed E-state index contributed by atoms with van der Waals surface area (Å²) in [4.78, 5) is 12.8. The van der Waals surface area contributed by atoms with Gasteiger partial charge in [0.1, 0.15) is 6.04 Å². The van der Waals surface area contributed by atoms with E-state index in [9.17, 15) is 21.6 Å². The van der Waals surface area contributed by atoms with Crippen molar-refractivity contribution in [3.8, 4) is 0 Å². The van der Waals surface area contributed by atoms with Gasteiger partial charge in [-0.2, -0.15) is 0 Å². The van der Waals surface area contributed by atoms with Crippen molar-refractivity contribution in [2.45, 2.75) is 31.7 Å². The molecule has 3 aromatic rings. The highest BCUT2D eigenvalue weighted by atomic mass is 32.2. The summed E-state index contributed by atoms with van der Waals surface area (Å²) in [7, 11) is -7.56. The largest absolute Gasteiger partial charge is 0.324 e. The number of para-hydroxylation sites is 1. The highest BCUT2D eigenvalue weighted by molar-refractivity contribution is 7.92. The van der Waals surface area contributed by atoms with E-state index in [-0.39, 0.29) is 4.90 Å². The molecule has 0 aliphatic carbocycles. The van der Waals surface area contributed by atoms with Crippen molar-refractivity contribution in [3.63, 3.8) is 0 Å². The lowest BCUT2D eigenvalue weighted by Crippen LogP contribution is -2.45. The van der Waals surface area contributed by atoms with Gasteiger partial charge in [0.25, 0.3) is 10.0 Å². The summed E-state index contributed by atoms with van der Waals surface area (Å²) in [5.41, 5.74) is 3.01. The summed E-state index contributed by atoms with van der Waals surface area (Å²) in [6.45, 7) is 5.23. The Labute approximate surface area is 200 Å². The van der Waals surface area contributed by atoms with Crippen LogP contribution < -0.4 is 14.3 Å². The monoisotopic (exact) mass is 501 g/mol. The average molecular weight is 502 g/mol. The smallest absolute Gasteiger partial charge is 0.261 e. The topological polar surface area (TPSA) is 113 Å². The highest BCUT2D eigenvalue weighted by Gasteiger charge is 2.29. The Balaban J connectivity index is 1.76. The Hall–Kier alpha value is -3.37. The van der Waals surface area contributed by atoms with Gasteiger partial charge in [-0.15, -0.1) is 0 Å². The maximum Gasteiger partial charge on any atom is 0.261 e. The zero-order chi connectivity index (χ0) is 25.1. The molecule has 0 saturated heterocycles. The molecular weight excluding hydrogens is 474 g/mol. The van der Waals surface area contributed by atoms with Crippen molar-refractivity contribution >= 4 is 43.0 Å². The quantitative estimate of drug-likeness (QED) is 0.486. The van der Waals surface area contributed by atoms with Crippen molar-refractivity contribution < 1.29 is 21.6 Å². The van der Waals surface area contributed by atoms with Crippen LogP contribution in [0.25, 0.3) is 0 Å². The van der Waals surface area contributed by atoms with Gasteiger partial charge < -0.3 is 5.32 Å².